The van der Waals surface area contributed by atoms with Crippen molar-refractivity contribution in [2.75, 3.05) is 31.5 Å². The number of fused-ring (bicyclic) bond motifs is 1. The van der Waals surface area contributed by atoms with Gasteiger partial charge in [0.15, 0.2) is 0 Å². The molecule has 4 aliphatic heterocycles. The number of hydrogen-bond donors (Lipinski definition) is 7. The molecule has 29 heavy (non-hydrogen) atoms. The Morgan fingerprint density at radius 2 is 2.28 bits per heavy atom. The molecular weight excluding hydrogens is 406 g/mol. The molecule has 1 fully saturated rings. The molecule has 1 aromatic heterocycles. The molecule has 0 aromatic carbocycles. The molecule has 0 aliphatic carbocycles. The van der Waals surface area contributed by atoms with Crippen molar-refractivity contribution in [3.63, 3.8) is 0 Å². The first-order valence-electron chi connectivity index (χ1n) is 9.98. The Kier molecular flexibility index (Phi) is 5.46. The average molecular weight is 434 g/mol. The van der Waals surface area contributed by atoms with Gasteiger partial charge in [0, 0.05) is 44.1 Å². The second-order valence-corrected chi connectivity index (χ2v) is 9.61. The molecule has 3 atom stereocenters. The van der Waals surface area contributed by atoms with Gasteiger partial charge in [0.25, 0.3) is 0 Å². The molecule has 5 heterocycles. The van der Waals surface area contributed by atoms with Crippen LogP contribution in [0.15, 0.2) is 45.6 Å². The standard InChI is InChI=1S/C19H27N7OS2/c1-11-5-16(28-19(11)29-27)25-17-18-21-9-15(13-7-22-23-8-13)26(18)10-14(24-17)12-3-2-4-20-6-12/h3,5,7,10,15,17-18,20-25,27H,2,4,6,8-9H2,1H3. The van der Waals surface area contributed by atoms with E-state index >= 15 is 0 Å². The number of aryl methyl sites for hydroxylation is 1. The van der Waals surface area contributed by atoms with Gasteiger partial charge in [-0.05, 0) is 42.7 Å². The predicted molar refractivity (Wildman–Crippen MR) is 118 cm³/mol. The maximum Gasteiger partial charge on any atom is 0.132 e. The highest BCUT2D eigenvalue weighted by Gasteiger charge is 2.42. The molecule has 1 saturated heterocycles. The summed E-state index contributed by atoms with van der Waals surface area (Å²) >= 11 is 2.41. The van der Waals surface area contributed by atoms with Crippen LogP contribution in [0, 0.1) is 6.92 Å². The SMILES string of the molecule is Cc1cc(NC2NC(C3=CCCNC3)=CN3C(C4=CNNC4)CNC23)sc1SO. The molecule has 0 spiro atoms. The van der Waals surface area contributed by atoms with Gasteiger partial charge in [0.2, 0.25) is 0 Å². The monoisotopic (exact) mass is 433 g/mol. The Bertz CT molecular complexity index is 865. The van der Waals surface area contributed by atoms with E-state index in [1.54, 1.807) is 11.3 Å². The summed E-state index contributed by atoms with van der Waals surface area (Å²) < 4.78 is 10.4. The van der Waals surface area contributed by atoms with E-state index in [0.29, 0.717) is 6.04 Å². The fourth-order valence-electron chi connectivity index (χ4n) is 4.33. The maximum absolute atomic E-state index is 9.48. The molecule has 10 heteroatoms. The van der Waals surface area contributed by atoms with Gasteiger partial charge in [0.05, 0.1) is 20.9 Å². The molecule has 3 unspecified atom stereocenters. The molecule has 0 amide bonds. The van der Waals surface area contributed by atoms with E-state index in [9.17, 15) is 4.55 Å². The van der Waals surface area contributed by atoms with Crippen LogP contribution in [0.5, 0.6) is 0 Å². The average Bonchev–Trinajstić information content (AvgIpc) is 3.48. The van der Waals surface area contributed by atoms with E-state index in [0.717, 1.165) is 59.4 Å². The van der Waals surface area contributed by atoms with Crippen molar-refractivity contribution in [1.29, 1.82) is 0 Å². The van der Waals surface area contributed by atoms with Crippen molar-refractivity contribution < 1.29 is 4.55 Å². The second-order valence-electron chi connectivity index (χ2n) is 7.71. The van der Waals surface area contributed by atoms with Crippen molar-refractivity contribution in [3.8, 4) is 0 Å². The number of anilines is 1. The Balaban J connectivity index is 1.44. The van der Waals surface area contributed by atoms with Gasteiger partial charge >= 0.3 is 0 Å². The van der Waals surface area contributed by atoms with E-state index < -0.39 is 0 Å². The van der Waals surface area contributed by atoms with Gasteiger partial charge in [-0.15, -0.1) is 11.3 Å². The van der Waals surface area contributed by atoms with E-state index in [1.165, 1.54) is 16.8 Å². The Hall–Kier alpha value is -1.69. The number of hydrogen-bond acceptors (Lipinski definition) is 10. The number of rotatable bonds is 5. The summed E-state index contributed by atoms with van der Waals surface area (Å²) in [6.45, 7) is 5.71. The fourth-order valence-corrected chi connectivity index (χ4v) is 5.80. The van der Waals surface area contributed by atoms with Crippen LogP contribution in [0.2, 0.25) is 0 Å². The summed E-state index contributed by atoms with van der Waals surface area (Å²) in [6.07, 6.45) is 7.90. The Morgan fingerprint density at radius 1 is 1.34 bits per heavy atom. The lowest BCUT2D eigenvalue weighted by Crippen LogP contribution is -2.58. The third-order valence-electron chi connectivity index (χ3n) is 5.81. The Morgan fingerprint density at radius 3 is 3.00 bits per heavy atom. The zero-order valence-corrected chi connectivity index (χ0v) is 17.9. The molecule has 4 aliphatic rings. The molecular formula is C19H27N7OS2. The zero-order valence-electron chi connectivity index (χ0n) is 16.3. The lowest BCUT2D eigenvalue weighted by Gasteiger charge is -2.41. The minimum absolute atomic E-state index is 0.0142. The molecule has 5 rings (SSSR count). The highest BCUT2D eigenvalue weighted by molar-refractivity contribution is 7.95. The number of nitrogens with zero attached hydrogens (tertiary/aromatic N) is 1. The third kappa shape index (κ3) is 3.76. The normalized spacial score (nSPS) is 28.8. The lowest BCUT2D eigenvalue weighted by molar-refractivity contribution is 0.226. The first kappa shape index (κ1) is 19.3. The van der Waals surface area contributed by atoms with Gasteiger partial charge in [-0.3, -0.25) is 5.32 Å². The number of nitrogens with one attached hydrogen (secondary N) is 6. The van der Waals surface area contributed by atoms with Crippen LogP contribution in [0.1, 0.15) is 12.0 Å². The summed E-state index contributed by atoms with van der Waals surface area (Å²) in [7, 11) is 0. The number of thiophene rings is 1. The molecule has 156 valence electrons. The van der Waals surface area contributed by atoms with Crippen molar-refractivity contribution in [3.05, 3.63) is 46.9 Å². The highest BCUT2D eigenvalue weighted by Crippen LogP contribution is 2.35. The van der Waals surface area contributed by atoms with Crippen LogP contribution >= 0.6 is 23.4 Å². The quantitative estimate of drug-likeness (QED) is 0.347. The maximum atomic E-state index is 9.48. The Labute approximate surface area is 179 Å². The largest absolute Gasteiger partial charge is 0.361 e. The second kappa shape index (κ2) is 8.21. The van der Waals surface area contributed by atoms with E-state index in [1.807, 2.05) is 6.92 Å². The summed E-state index contributed by atoms with van der Waals surface area (Å²) in [5, 5.41) is 15.6. The molecule has 8 nitrogen and oxygen atoms in total. The van der Waals surface area contributed by atoms with E-state index in [-0.39, 0.29) is 12.3 Å². The molecule has 0 bridgehead atoms. The highest BCUT2D eigenvalue weighted by atomic mass is 32.2. The van der Waals surface area contributed by atoms with Gasteiger partial charge in [-0.25, -0.2) is 5.43 Å². The van der Waals surface area contributed by atoms with Crippen molar-refractivity contribution in [2.24, 2.45) is 0 Å². The van der Waals surface area contributed by atoms with Gasteiger partial charge in [-0.1, -0.05) is 6.08 Å². The fraction of sp³-hybridized carbons (Fsp3) is 0.474. The van der Waals surface area contributed by atoms with Gasteiger partial charge < -0.3 is 30.8 Å². The molecule has 7 N–H and O–H groups in total. The van der Waals surface area contributed by atoms with Crippen molar-refractivity contribution in [1.82, 2.24) is 31.7 Å². The first-order valence-corrected chi connectivity index (χ1v) is 11.6. The summed E-state index contributed by atoms with van der Waals surface area (Å²) in [5.74, 6) is 0. The van der Waals surface area contributed by atoms with Gasteiger partial charge in [0.1, 0.15) is 12.3 Å². The minimum atomic E-state index is 0.0142. The molecule has 0 radical (unpaired) electrons. The lowest BCUT2D eigenvalue weighted by atomic mass is 10.0. The van der Waals surface area contributed by atoms with Crippen LogP contribution in [-0.2, 0) is 0 Å². The van der Waals surface area contributed by atoms with E-state index in [2.05, 4.69) is 61.6 Å². The summed E-state index contributed by atoms with van der Waals surface area (Å²) in [6, 6.07) is 2.42. The predicted octanol–water partition coefficient (Wildman–Crippen LogP) is 1.32. The topological polar surface area (TPSA) is 95.7 Å². The molecule has 1 aromatic rings. The first-order chi connectivity index (χ1) is 14.2. The number of hydrazine groups is 1. The summed E-state index contributed by atoms with van der Waals surface area (Å²) in [5.41, 5.74) is 11.3. The minimum Gasteiger partial charge on any atom is -0.361 e. The van der Waals surface area contributed by atoms with Crippen LogP contribution < -0.4 is 32.1 Å². The zero-order chi connectivity index (χ0) is 19.8. The van der Waals surface area contributed by atoms with Crippen LogP contribution in [0.3, 0.4) is 0 Å². The van der Waals surface area contributed by atoms with Crippen LogP contribution in [0.25, 0.3) is 0 Å². The smallest absolute Gasteiger partial charge is 0.132 e. The van der Waals surface area contributed by atoms with Crippen LogP contribution in [0.4, 0.5) is 5.00 Å². The van der Waals surface area contributed by atoms with E-state index in [4.69, 9.17) is 0 Å². The van der Waals surface area contributed by atoms with Crippen LogP contribution in [-0.4, -0.2) is 54.0 Å². The van der Waals surface area contributed by atoms with Gasteiger partial charge in [-0.2, -0.15) is 0 Å². The van der Waals surface area contributed by atoms with Crippen molar-refractivity contribution in [2.45, 2.75) is 35.9 Å². The third-order valence-corrected chi connectivity index (χ3v) is 7.74. The molecule has 0 saturated carbocycles. The summed E-state index contributed by atoms with van der Waals surface area (Å²) in [4.78, 5) is 2.45. The van der Waals surface area contributed by atoms with Crippen molar-refractivity contribution >= 4 is 28.4 Å².